The van der Waals surface area contributed by atoms with Crippen molar-refractivity contribution in [2.24, 2.45) is 11.3 Å². The van der Waals surface area contributed by atoms with Gasteiger partial charge in [0.2, 0.25) is 5.91 Å². The van der Waals surface area contributed by atoms with Crippen molar-refractivity contribution in [1.82, 2.24) is 10.2 Å². The molecule has 112 valence electrons. The van der Waals surface area contributed by atoms with Crippen LogP contribution in [0.4, 0.5) is 0 Å². The molecule has 0 radical (unpaired) electrons. The minimum absolute atomic E-state index is 0.0612. The van der Waals surface area contributed by atoms with E-state index in [0.717, 1.165) is 25.9 Å². The van der Waals surface area contributed by atoms with Gasteiger partial charge in [-0.2, -0.15) is 0 Å². The highest BCUT2D eigenvalue weighted by Gasteiger charge is 2.30. The molecule has 0 saturated carbocycles. The molecule has 2 unspecified atom stereocenters. The van der Waals surface area contributed by atoms with Crippen LogP contribution >= 0.6 is 0 Å². The molecule has 0 aromatic carbocycles. The number of aliphatic hydroxyl groups excluding tert-OH is 2. The van der Waals surface area contributed by atoms with Gasteiger partial charge in [0.25, 0.3) is 0 Å². The predicted molar refractivity (Wildman–Crippen MR) is 74.7 cm³/mol. The topological polar surface area (TPSA) is 72.8 Å². The monoisotopic (exact) mass is 272 g/mol. The van der Waals surface area contributed by atoms with Gasteiger partial charge in [-0.3, -0.25) is 9.69 Å². The first kappa shape index (κ1) is 16.4. The molecule has 19 heavy (non-hydrogen) atoms. The zero-order valence-corrected chi connectivity index (χ0v) is 12.4. The number of nitrogens with one attached hydrogen (secondary N) is 1. The zero-order valence-electron chi connectivity index (χ0n) is 12.4. The summed E-state index contributed by atoms with van der Waals surface area (Å²) >= 11 is 0. The lowest BCUT2D eigenvalue weighted by molar-refractivity contribution is -0.129. The van der Waals surface area contributed by atoms with Crippen LogP contribution in [0.5, 0.6) is 0 Å². The number of carbonyl (C=O) groups excluding carboxylic acids is 1. The average Bonchev–Trinajstić information content (AvgIpc) is 2.28. The third kappa shape index (κ3) is 5.47. The second-order valence-corrected chi connectivity index (χ2v) is 6.52. The highest BCUT2D eigenvalue weighted by atomic mass is 16.3. The van der Waals surface area contributed by atoms with Crippen LogP contribution in [-0.2, 0) is 4.79 Å². The van der Waals surface area contributed by atoms with E-state index in [1.54, 1.807) is 0 Å². The van der Waals surface area contributed by atoms with Gasteiger partial charge in [0, 0.05) is 37.7 Å². The first-order valence-electron chi connectivity index (χ1n) is 7.12. The van der Waals surface area contributed by atoms with Gasteiger partial charge in [0.1, 0.15) is 0 Å². The van der Waals surface area contributed by atoms with Crippen LogP contribution in [0.15, 0.2) is 0 Å². The fourth-order valence-electron chi connectivity index (χ4n) is 2.52. The summed E-state index contributed by atoms with van der Waals surface area (Å²) < 4.78 is 0. The Hall–Kier alpha value is -0.650. The standard InChI is InChI=1S/C14H28N2O3/c1-14(2,3)13(19)15-12-8-11(4-6-17)9-16(10-12)5-7-18/h11-12,17-18H,4-10H2,1-3H3,(H,15,19). The highest BCUT2D eigenvalue weighted by molar-refractivity contribution is 5.81. The number of carbonyl (C=O) groups is 1. The second kappa shape index (κ2) is 7.22. The number of piperidine rings is 1. The Balaban J connectivity index is 2.58. The smallest absolute Gasteiger partial charge is 0.225 e. The zero-order chi connectivity index (χ0) is 14.5. The fourth-order valence-corrected chi connectivity index (χ4v) is 2.52. The molecule has 1 heterocycles. The summed E-state index contributed by atoms with van der Waals surface area (Å²) in [6.45, 7) is 8.33. The summed E-state index contributed by atoms with van der Waals surface area (Å²) in [5, 5.41) is 21.2. The van der Waals surface area contributed by atoms with Crippen molar-refractivity contribution >= 4 is 5.91 Å². The van der Waals surface area contributed by atoms with Gasteiger partial charge >= 0.3 is 0 Å². The maximum atomic E-state index is 12.0. The van der Waals surface area contributed by atoms with Crippen LogP contribution in [-0.4, -0.2) is 59.9 Å². The van der Waals surface area contributed by atoms with E-state index in [4.69, 9.17) is 10.2 Å². The van der Waals surface area contributed by atoms with Gasteiger partial charge in [0.05, 0.1) is 6.61 Å². The Labute approximate surface area is 116 Å². The molecule has 1 aliphatic heterocycles. The molecule has 5 heteroatoms. The van der Waals surface area contributed by atoms with E-state index in [1.165, 1.54) is 0 Å². The summed E-state index contributed by atoms with van der Waals surface area (Å²) in [5.74, 6) is 0.446. The number of likely N-dealkylation sites (tertiary alicyclic amines) is 1. The molecule has 0 aromatic rings. The Morgan fingerprint density at radius 3 is 2.47 bits per heavy atom. The third-order valence-corrected chi connectivity index (χ3v) is 3.58. The van der Waals surface area contributed by atoms with Crippen molar-refractivity contribution in [3.05, 3.63) is 0 Å². The molecule has 1 saturated heterocycles. The summed E-state index contributed by atoms with van der Waals surface area (Å²) in [6.07, 6.45) is 1.66. The first-order chi connectivity index (χ1) is 8.86. The Morgan fingerprint density at radius 2 is 1.95 bits per heavy atom. The van der Waals surface area contributed by atoms with Crippen molar-refractivity contribution < 1.29 is 15.0 Å². The van der Waals surface area contributed by atoms with Gasteiger partial charge in [-0.05, 0) is 18.8 Å². The normalized spacial score (nSPS) is 25.3. The van der Waals surface area contributed by atoms with E-state index in [-0.39, 0.29) is 30.6 Å². The SMILES string of the molecule is CC(C)(C)C(=O)NC1CC(CCO)CN(CCO)C1. The van der Waals surface area contributed by atoms with Gasteiger partial charge in [-0.25, -0.2) is 0 Å². The molecule has 1 fully saturated rings. The maximum absolute atomic E-state index is 12.0. The number of nitrogens with zero attached hydrogens (tertiary/aromatic N) is 1. The molecule has 5 nitrogen and oxygen atoms in total. The molecule has 0 spiro atoms. The third-order valence-electron chi connectivity index (χ3n) is 3.58. The molecular formula is C14H28N2O3. The van der Waals surface area contributed by atoms with Crippen LogP contribution < -0.4 is 5.32 Å². The Bertz CT molecular complexity index is 275. The molecule has 1 rings (SSSR count). The Morgan fingerprint density at radius 1 is 1.26 bits per heavy atom. The van der Waals surface area contributed by atoms with E-state index < -0.39 is 0 Å². The molecule has 0 bridgehead atoms. The van der Waals surface area contributed by atoms with E-state index in [1.807, 2.05) is 20.8 Å². The largest absolute Gasteiger partial charge is 0.396 e. The molecule has 1 aliphatic rings. The average molecular weight is 272 g/mol. The lowest BCUT2D eigenvalue weighted by atomic mass is 9.90. The highest BCUT2D eigenvalue weighted by Crippen LogP contribution is 2.21. The first-order valence-corrected chi connectivity index (χ1v) is 7.12. The van der Waals surface area contributed by atoms with Gasteiger partial charge in [-0.1, -0.05) is 20.8 Å². The van der Waals surface area contributed by atoms with E-state index in [0.29, 0.717) is 12.5 Å². The summed E-state index contributed by atoms with van der Waals surface area (Å²) in [7, 11) is 0. The minimum atomic E-state index is -0.383. The fraction of sp³-hybridized carbons (Fsp3) is 0.929. The molecule has 3 N–H and O–H groups in total. The van der Waals surface area contributed by atoms with Crippen LogP contribution in [0.2, 0.25) is 0 Å². The second-order valence-electron chi connectivity index (χ2n) is 6.52. The van der Waals surface area contributed by atoms with E-state index >= 15 is 0 Å². The number of hydrogen-bond acceptors (Lipinski definition) is 4. The van der Waals surface area contributed by atoms with Crippen LogP contribution in [0.25, 0.3) is 0 Å². The lowest BCUT2D eigenvalue weighted by Crippen LogP contribution is -2.53. The van der Waals surface area contributed by atoms with Crippen LogP contribution in [0.1, 0.15) is 33.6 Å². The van der Waals surface area contributed by atoms with Crippen molar-refractivity contribution in [1.29, 1.82) is 0 Å². The van der Waals surface area contributed by atoms with E-state index in [9.17, 15) is 4.79 Å². The molecule has 0 aliphatic carbocycles. The summed E-state index contributed by atoms with van der Waals surface area (Å²) in [4.78, 5) is 14.2. The quantitative estimate of drug-likeness (QED) is 0.669. The number of aliphatic hydroxyl groups is 2. The van der Waals surface area contributed by atoms with Crippen molar-refractivity contribution in [2.75, 3.05) is 32.8 Å². The van der Waals surface area contributed by atoms with Crippen molar-refractivity contribution in [3.8, 4) is 0 Å². The van der Waals surface area contributed by atoms with Gasteiger partial charge < -0.3 is 15.5 Å². The Kier molecular flexibility index (Phi) is 6.23. The van der Waals surface area contributed by atoms with Crippen molar-refractivity contribution in [3.63, 3.8) is 0 Å². The van der Waals surface area contributed by atoms with Gasteiger partial charge in [0.15, 0.2) is 0 Å². The summed E-state index contributed by atoms with van der Waals surface area (Å²) in [5.41, 5.74) is -0.383. The number of rotatable bonds is 5. The molecular weight excluding hydrogens is 244 g/mol. The minimum Gasteiger partial charge on any atom is -0.396 e. The lowest BCUT2D eigenvalue weighted by Gasteiger charge is -2.38. The van der Waals surface area contributed by atoms with Crippen molar-refractivity contribution in [2.45, 2.75) is 39.7 Å². The molecule has 2 atom stereocenters. The maximum Gasteiger partial charge on any atom is 0.225 e. The van der Waals surface area contributed by atoms with Gasteiger partial charge in [-0.15, -0.1) is 0 Å². The summed E-state index contributed by atoms with van der Waals surface area (Å²) in [6, 6.07) is 0.114. The molecule has 0 aromatic heterocycles. The number of amides is 1. The van der Waals surface area contributed by atoms with Crippen LogP contribution in [0, 0.1) is 11.3 Å². The number of β-amino-alcohol motifs (C(OH)–C–C–N with tert-alkyl or cyclic N) is 1. The van der Waals surface area contributed by atoms with Crippen LogP contribution in [0.3, 0.4) is 0 Å². The molecule has 1 amide bonds. The number of hydrogen-bond donors (Lipinski definition) is 3. The predicted octanol–water partition coefficient (Wildman–Crippen LogP) is 0.214. The van der Waals surface area contributed by atoms with E-state index in [2.05, 4.69) is 10.2 Å².